The summed E-state index contributed by atoms with van der Waals surface area (Å²) in [4.78, 5) is 16.6. The van der Waals surface area contributed by atoms with Crippen molar-refractivity contribution in [1.29, 1.82) is 0 Å². The van der Waals surface area contributed by atoms with E-state index in [1.165, 1.54) is 10.7 Å². The topological polar surface area (TPSA) is 123 Å². The van der Waals surface area contributed by atoms with Gasteiger partial charge in [-0.3, -0.25) is 14.9 Å². The van der Waals surface area contributed by atoms with Gasteiger partial charge in [0, 0.05) is 30.1 Å². The van der Waals surface area contributed by atoms with Crippen LogP contribution in [-0.2, 0) is 10.0 Å². The molecule has 9 nitrogen and oxygen atoms in total. The van der Waals surface area contributed by atoms with E-state index in [-0.39, 0.29) is 22.5 Å². The van der Waals surface area contributed by atoms with E-state index in [1.54, 1.807) is 32.3 Å². The summed E-state index contributed by atoms with van der Waals surface area (Å²) in [5, 5.41) is 11.2. The van der Waals surface area contributed by atoms with Gasteiger partial charge in [-0.2, -0.15) is 10.2 Å². The Morgan fingerprint density at radius 3 is 2.40 bits per heavy atom. The molecule has 0 unspecified atom stereocenters. The molecule has 158 valence electrons. The summed E-state index contributed by atoms with van der Waals surface area (Å²) in [6.07, 6.45) is 5.98. The largest absolute Gasteiger partial charge is 0.281 e. The zero-order valence-corrected chi connectivity index (χ0v) is 17.7. The van der Waals surface area contributed by atoms with Crippen molar-refractivity contribution in [2.45, 2.75) is 56.5 Å². The lowest BCUT2D eigenvalue weighted by atomic mass is 9.92. The molecule has 1 aliphatic rings. The Kier molecular flexibility index (Phi) is 5.52. The number of nitrogens with one attached hydrogen (secondary N) is 2. The predicted octanol–water partition coefficient (Wildman–Crippen LogP) is 2.11. The number of nitrogens with zero attached hydrogens (tertiary/aromatic N) is 4. The number of pyridine rings is 1. The minimum Gasteiger partial charge on any atom is -0.281 e. The fraction of sp³-hybridized carbons (Fsp3) is 0.400. The van der Waals surface area contributed by atoms with Crippen molar-refractivity contribution >= 4 is 10.0 Å². The highest BCUT2D eigenvalue weighted by Crippen LogP contribution is 2.29. The highest BCUT2D eigenvalue weighted by atomic mass is 32.2. The van der Waals surface area contributed by atoms with Gasteiger partial charge in [0.2, 0.25) is 10.0 Å². The van der Waals surface area contributed by atoms with E-state index >= 15 is 0 Å². The van der Waals surface area contributed by atoms with E-state index < -0.39 is 10.0 Å². The first-order valence-electron chi connectivity index (χ1n) is 9.89. The average molecular weight is 429 g/mol. The highest BCUT2D eigenvalue weighted by Gasteiger charge is 2.29. The second-order valence-electron chi connectivity index (χ2n) is 7.63. The van der Waals surface area contributed by atoms with Crippen LogP contribution in [0.3, 0.4) is 0 Å². The summed E-state index contributed by atoms with van der Waals surface area (Å²) in [5.74, 6) is 0. The molecule has 3 aromatic heterocycles. The van der Waals surface area contributed by atoms with Crippen molar-refractivity contribution in [2.24, 2.45) is 0 Å². The number of rotatable bonds is 5. The maximum atomic E-state index is 12.8. The molecule has 3 aromatic rings. The molecule has 1 saturated carbocycles. The van der Waals surface area contributed by atoms with E-state index in [0.29, 0.717) is 42.8 Å². The Balaban J connectivity index is 1.47. The van der Waals surface area contributed by atoms with Gasteiger partial charge in [0.25, 0.3) is 5.56 Å². The molecule has 1 fully saturated rings. The molecule has 0 spiro atoms. The van der Waals surface area contributed by atoms with Crippen LogP contribution >= 0.6 is 0 Å². The lowest BCUT2D eigenvalue weighted by molar-refractivity contribution is 0.286. The van der Waals surface area contributed by atoms with E-state index in [1.807, 2.05) is 12.1 Å². The number of H-pyrrole nitrogens is 1. The summed E-state index contributed by atoms with van der Waals surface area (Å²) in [7, 11) is -3.64. The average Bonchev–Trinajstić information content (AvgIpc) is 3.08. The molecule has 0 aliphatic heterocycles. The Morgan fingerprint density at radius 1 is 1.07 bits per heavy atom. The monoisotopic (exact) mass is 428 g/mol. The molecular formula is C20H24N6O3S. The molecule has 3 heterocycles. The molecule has 30 heavy (non-hydrogen) atoms. The van der Waals surface area contributed by atoms with Crippen LogP contribution in [0.25, 0.3) is 11.3 Å². The Morgan fingerprint density at radius 2 is 1.77 bits per heavy atom. The van der Waals surface area contributed by atoms with Gasteiger partial charge in [-0.25, -0.2) is 17.8 Å². The van der Waals surface area contributed by atoms with Gasteiger partial charge in [-0.15, -0.1) is 0 Å². The van der Waals surface area contributed by atoms with Crippen molar-refractivity contribution in [2.75, 3.05) is 0 Å². The third-order valence-electron chi connectivity index (χ3n) is 5.49. The fourth-order valence-corrected chi connectivity index (χ4v) is 5.69. The summed E-state index contributed by atoms with van der Waals surface area (Å²) in [6.45, 7) is 3.36. The van der Waals surface area contributed by atoms with Crippen molar-refractivity contribution in [1.82, 2.24) is 29.7 Å². The lowest BCUT2D eigenvalue weighted by Crippen LogP contribution is -2.39. The molecule has 10 heteroatoms. The van der Waals surface area contributed by atoms with Gasteiger partial charge in [0.1, 0.15) is 4.90 Å². The minimum atomic E-state index is -3.64. The maximum Gasteiger partial charge on any atom is 0.267 e. The van der Waals surface area contributed by atoms with E-state index in [4.69, 9.17) is 0 Å². The summed E-state index contributed by atoms with van der Waals surface area (Å²) in [5.41, 5.74) is 2.44. The fourth-order valence-electron chi connectivity index (χ4n) is 4.02. The van der Waals surface area contributed by atoms with Gasteiger partial charge in [0.15, 0.2) is 0 Å². The molecule has 0 amide bonds. The van der Waals surface area contributed by atoms with Gasteiger partial charge >= 0.3 is 0 Å². The summed E-state index contributed by atoms with van der Waals surface area (Å²) < 4.78 is 29.9. The molecule has 4 rings (SSSR count). The number of hydrogen-bond donors (Lipinski definition) is 2. The SMILES string of the molecule is Cc1n[nH]c(C)c1S(=O)(=O)NC1CCC(n2nc(-c3ccncc3)ccc2=O)CC1. The van der Waals surface area contributed by atoms with Gasteiger partial charge in [-0.05, 0) is 57.7 Å². The molecule has 2 N–H and O–H groups in total. The number of aromatic amines is 1. The smallest absolute Gasteiger partial charge is 0.267 e. The van der Waals surface area contributed by atoms with Crippen LogP contribution in [0.4, 0.5) is 0 Å². The quantitative estimate of drug-likeness (QED) is 0.642. The van der Waals surface area contributed by atoms with Crippen molar-refractivity contribution < 1.29 is 8.42 Å². The number of sulfonamides is 1. The van der Waals surface area contributed by atoms with Crippen LogP contribution in [0.1, 0.15) is 43.1 Å². The number of aryl methyl sites for hydroxylation is 2. The van der Waals surface area contributed by atoms with Crippen LogP contribution < -0.4 is 10.3 Å². The minimum absolute atomic E-state index is 0.0579. The molecule has 0 aromatic carbocycles. The third kappa shape index (κ3) is 4.05. The summed E-state index contributed by atoms with van der Waals surface area (Å²) in [6, 6.07) is 6.70. The summed E-state index contributed by atoms with van der Waals surface area (Å²) >= 11 is 0. The molecule has 0 saturated heterocycles. The van der Waals surface area contributed by atoms with Gasteiger partial charge in [0.05, 0.1) is 23.1 Å². The van der Waals surface area contributed by atoms with Crippen LogP contribution in [0.5, 0.6) is 0 Å². The Labute approximate surface area is 174 Å². The van der Waals surface area contributed by atoms with Crippen LogP contribution in [0.15, 0.2) is 46.3 Å². The molecular weight excluding hydrogens is 404 g/mol. The van der Waals surface area contributed by atoms with E-state index in [2.05, 4.69) is 25.0 Å². The van der Waals surface area contributed by atoms with Gasteiger partial charge < -0.3 is 0 Å². The number of aromatic nitrogens is 5. The van der Waals surface area contributed by atoms with E-state index in [9.17, 15) is 13.2 Å². The maximum absolute atomic E-state index is 12.8. The lowest BCUT2D eigenvalue weighted by Gasteiger charge is -2.29. The van der Waals surface area contributed by atoms with E-state index in [0.717, 1.165) is 5.56 Å². The van der Waals surface area contributed by atoms with Crippen molar-refractivity contribution in [3.63, 3.8) is 0 Å². The predicted molar refractivity (Wildman–Crippen MR) is 111 cm³/mol. The standard InChI is InChI=1S/C20H24N6O3S/c1-13-20(14(2)23-22-13)30(28,29)25-16-3-5-17(6-4-16)26-19(27)8-7-18(24-26)15-9-11-21-12-10-15/h7-12,16-17,25H,3-6H2,1-2H3,(H,22,23). The molecule has 0 atom stereocenters. The Hall–Kier alpha value is -2.85. The van der Waals surface area contributed by atoms with Crippen molar-refractivity contribution in [3.8, 4) is 11.3 Å². The molecule has 0 radical (unpaired) electrons. The molecule has 1 aliphatic carbocycles. The normalized spacial score (nSPS) is 19.7. The second-order valence-corrected chi connectivity index (χ2v) is 9.28. The molecule has 0 bridgehead atoms. The second kappa shape index (κ2) is 8.11. The van der Waals surface area contributed by atoms with Crippen LogP contribution in [-0.4, -0.2) is 39.4 Å². The van der Waals surface area contributed by atoms with Gasteiger partial charge in [-0.1, -0.05) is 0 Å². The van der Waals surface area contributed by atoms with Crippen LogP contribution in [0, 0.1) is 13.8 Å². The zero-order chi connectivity index (χ0) is 21.3. The van der Waals surface area contributed by atoms with Crippen molar-refractivity contribution in [3.05, 3.63) is 58.4 Å². The zero-order valence-electron chi connectivity index (χ0n) is 16.9. The van der Waals surface area contributed by atoms with Crippen LogP contribution in [0.2, 0.25) is 0 Å². The first kappa shape index (κ1) is 20.4. The third-order valence-corrected chi connectivity index (χ3v) is 7.28. The highest BCUT2D eigenvalue weighted by molar-refractivity contribution is 7.89. The number of hydrogen-bond acceptors (Lipinski definition) is 6. The Bertz CT molecular complexity index is 1180. The first-order chi connectivity index (χ1) is 14.3. The first-order valence-corrected chi connectivity index (χ1v) is 11.4.